The first-order valence-corrected chi connectivity index (χ1v) is 12.3. The topological polar surface area (TPSA) is 17.8 Å². The minimum atomic E-state index is 0.350. The normalized spacial score (nSPS) is 12.0. The van der Waals surface area contributed by atoms with Gasteiger partial charge in [-0.15, -0.1) is 23.5 Å². The van der Waals surface area contributed by atoms with Gasteiger partial charge in [0.25, 0.3) is 0 Å². The Morgan fingerprint density at radius 1 is 0.833 bits per heavy atom. The van der Waals surface area contributed by atoms with Gasteiger partial charge in [0.05, 0.1) is 6.33 Å². The van der Waals surface area contributed by atoms with Crippen molar-refractivity contribution >= 4 is 35.1 Å². The number of imidazole rings is 1. The zero-order chi connectivity index (χ0) is 20.6. The van der Waals surface area contributed by atoms with Gasteiger partial charge in [0, 0.05) is 45.6 Å². The molecule has 3 aromatic carbocycles. The Morgan fingerprint density at radius 3 is 2.27 bits per heavy atom. The second kappa shape index (κ2) is 10.8. The van der Waals surface area contributed by atoms with Gasteiger partial charge in [-0.3, -0.25) is 0 Å². The molecule has 0 aliphatic rings. The van der Waals surface area contributed by atoms with E-state index in [2.05, 4.69) is 76.3 Å². The first-order chi connectivity index (χ1) is 14.8. The highest BCUT2D eigenvalue weighted by molar-refractivity contribution is 7.99. The lowest BCUT2D eigenvalue weighted by Gasteiger charge is -2.18. The fourth-order valence-corrected chi connectivity index (χ4v) is 5.33. The summed E-state index contributed by atoms with van der Waals surface area (Å²) in [5, 5.41) is 1.13. The predicted octanol–water partition coefficient (Wildman–Crippen LogP) is 7.50. The second-order valence-electron chi connectivity index (χ2n) is 7.03. The van der Waals surface area contributed by atoms with Crippen molar-refractivity contribution < 1.29 is 0 Å². The Morgan fingerprint density at radius 2 is 1.57 bits per heavy atom. The van der Waals surface area contributed by atoms with Crippen molar-refractivity contribution in [3.63, 3.8) is 0 Å². The maximum Gasteiger partial charge on any atom is 0.0946 e. The number of hydrogen-bond acceptors (Lipinski definition) is 3. The van der Waals surface area contributed by atoms with Gasteiger partial charge in [0.1, 0.15) is 0 Å². The highest BCUT2D eigenvalue weighted by Crippen LogP contribution is 2.35. The van der Waals surface area contributed by atoms with Crippen molar-refractivity contribution in [2.24, 2.45) is 0 Å². The van der Waals surface area contributed by atoms with E-state index in [1.165, 1.54) is 21.6 Å². The highest BCUT2D eigenvalue weighted by atomic mass is 35.5. The number of halogens is 1. The van der Waals surface area contributed by atoms with Crippen LogP contribution in [0, 0.1) is 0 Å². The van der Waals surface area contributed by atoms with Crippen molar-refractivity contribution in [3.8, 4) is 0 Å². The molecule has 0 saturated heterocycles. The van der Waals surface area contributed by atoms with Crippen molar-refractivity contribution in [3.05, 3.63) is 119 Å². The quantitative estimate of drug-likeness (QED) is 0.246. The molecule has 0 spiro atoms. The van der Waals surface area contributed by atoms with E-state index >= 15 is 0 Å². The molecule has 1 heterocycles. The van der Waals surface area contributed by atoms with E-state index in [0.29, 0.717) is 5.25 Å². The van der Waals surface area contributed by atoms with E-state index in [-0.39, 0.29) is 0 Å². The van der Waals surface area contributed by atoms with E-state index in [9.17, 15) is 0 Å². The van der Waals surface area contributed by atoms with Crippen LogP contribution in [0.15, 0.2) is 102 Å². The molecule has 0 radical (unpaired) electrons. The molecule has 1 aromatic heterocycles. The minimum absolute atomic E-state index is 0.350. The fraction of sp³-hybridized carbons (Fsp3) is 0.160. The van der Waals surface area contributed by atoms with Crippen LogP contribution >= 0.6 is 35.1 Å². The van der Waals surface area contributed by atoms with Crippen LogP contribution < -0.4 is 0 Å². The first kappa shape index (κ1) is 21.1. The van der Waals surface area contributed by atoms with Crippen LogP contribution in [-0.2, 0) is 18.1 Å². The lowest BCUT2D eigenvalue weighted by molar-refractivity contribution is 0.683. The molecule has 1 unspecified atom stereocenters. The predicted molar refractivity (Wildman–Crippen MR) is 130 cm³/mol. The van der Waals surface area contributed by atoms with Gasteiger partial charge in [-0.25, -0.2) is 4.98 Å². The average Bonchev–Trinajstić information content (AvgIpc) is 3.31. The van der Waals surface area contributed by atoms with Crippen LogP contribution in [-0.4, -0.2) is 9.55 Å². The molecule has 0 amide bonds. The van der Waals surface area contributed by atoms with Gasteiger partial charge in [-0.05, 0) is 41.0 Å². The number of hydrogen-bond donors (Lipinski definition) is 0. The van der Waals surface area contributed by atoms with Crippen LogP contribution in [0.5, 0.6) is 0 Å². The Hall–Kier alpha value is -2.14. The van der Waals surface area contributed by atoms with E-state index in [0.717, 1.165) is 23.1 Å². The molecule has 0 fully saturated rings. The van der Waals surface area contributed by atoms with Crippen LogP contribution in [0.25, 0.3) is 0 Å². The van der Waals surface area contributed by atoms with Crippen LogP contribution in [0.2, 0.25) is 5.02 Å². The van der Waals surface area contributed by atoms with Crippen LogP contribution in [0.1, 0.15) is 21.9 Å². The van der Waals surface area contributed by atoms with E-state index in [1.807, 2.05) is 54.4 Å². The summed E-state index contributed by atoms with van der Waals surface area (Å²) < 4.78 is 2.15. The summed E-state index contributed by atoms with van der Waals surface area (Å²) in [6.07, 6.45) is 5.75. The molecule has 2 nitrogen and oxygen atoms in total. The third kappa shape index (κ3) is 6.18. The van der Waals surface area contributed by atoms with Crippen LogP contribution in [0.3, 0.4) is 0 Å². The molecule has 4 rings (SSSR count). The Balaban J connectivity index is 1.43. The van der Waals surface area contributed by atoms with Gasteiger partial charge >= 0.3 is 0 Å². The minimum Gasteiger partial charge on any atom is -0.336 e. The van der Waals surface area contributed by atoms with Crippen molar-refractivity contribution in [1.82, 2.24) is 9.55 Å². The fourth-order valence-electron chi connectivity index (χ4n) is 3.14. The number of nitrogens with zero attached hydrogens (tertiary/aromatic N) is 2. The zero-order valence-corrected chi connectivity index (χ0v) is 18.9. The molecular weight excluding hydrogens is 428 g/mol. The van der Waals surface area contributed by atoms with Crippen molar-refractivity contribution in [2.75, 3.05) is 0 Å². The Bertz CT molecular complexity index is 1020. The van der Waals surface area contributed by atoms with E-state index in [4.69, 9.17) is 11.6 Å². The number of aromatic nitrogens is 2. The largest absolute Gasteiger partial charge is 0.336 e. The Kier molecular flexibility index (Phi) is 7.57. The van der Waals surface area contributed by atoms with Crippen molar-refractivity contribution in [2.45, 2.75) is 28.2 Å². The SMILES string of the molecule is Clc1ccc(CSC(Cn2ccnc2)c2ccc(SCc3ccccc3)cc2)cc1. The summed E-state index contributed by atoms with van der Waals surface area (Å²) in [7, 11) is 0. The summed E-state index contributed by atoms with van der Waals surface area (Å²) in [6, 6.07) is 27.8. The number of thioether (sulfide) groups is 2. The third-order valence-corrected chi connectivity index (χ3v) is 7.46. The van der Waals surface area contributed by atoms with Gasteiger partial charge < -0.3 is 4.57 Å². The molecule has 0 bridgehead atoms. The second-order valence-corrected chi connectivity index (χ2v) is 9.71. The summed E-state index contributed by atoms with van der Waals surface area (Å²) in [6.45, 7) is 0.898. The molecular formula is C25H23ClN2S2. The molecule has 152 valence electrons. The zero-order valence-electron chi connectivity index (χ0n) is 16.5. The van der Waals surface area contributed by atoms with Crippen molar-refractivity contribution in [1.29, 1.82) is 0 Å². The lowest BCUT2D eigenvalue weighted by atomic mass is 10.1. The molecule has 1 atom stereocenters. The molecule has 0 aliphatic heterocycles. The standard InChI is InChI=1S/C25H23ClN2S2/c26-23-10-6-21(7-11-23)18-30-25(16-28-15-14-27-19-28)22-8-12-24(13-9-22)29-17-20-4-2-1-3-5-20/h1-15,19,25H,16-18H2. The van der Waals surface area contributed by atoms with E-state index < -0.39 is 0 Å². The molecule has 5 heteroatoms. The van der Waals surface area contributed by atoms with Crippen LogP contribution in [0.4, 0.5) is 0 Å². The first-order valence-electron chi connectivity index (χ1n) is 9.85. The maximum absolute atomic E-state index is 6.03. The summed E-state index contributed by atoms with van der Waals surface area (Å²) in [4.78, 5) is 5.50. The monoisotopic (exact) mass is 450 g/mol. The summed E-state index contributed by atoms with van der Waals surface area (Å²) in [5.74, 6) is 1.94. The van der Waals surface area contributed by atoms with Gasteiger partial charge in [-0.1, -0.05) is 66.2 Å². The van der Waals surface area contributed by atoms with Gasteiger partial charge in [-0.2, -0.15) is 0 Å². The number of rotatable bonds is 9. The molecule has 0 saturated carbocycles. The molecule has 4 aromatic rings. The van der Waals surface area contributed by atoms with Gasteiger partial charge in [0.2, 0.25) is 0 Å². The molecule has 30 heavy (non-hydrogen) atoms. The number of benzene rings is 3. The molecule has 0 N–H and O–H groups in total. The third-order valence-electron chi connectivity index (χ3n) is 4.80. The Labute approximate surface area is 191 Å². The van der Waals surface area contributed by atoms with E-state index in [1.54, 1.807) is 0 Å². The molecule has 0 aliphatic carbocycles. The summed E-state index contributed by atoms with van der Waals surface area (Å²) in [5.41, 5.74) is 3.98. The highest BCUT2D eigenvalue weighted by Gasteiger charge is 2.14. The van der Waals surface area contributed by atoms with Gasteiger partial charge in [0.15, 0.2) is 0 Å². The average molecular weight is 451 g/mol. The maximum atomic E-state index is 6.03. The smallest absolute Gasteiger partial charge is 0.0946 e. The lowest BCUT2D eigenvalue weighted by Crippen LogP contribution is -2.05. The summed E-state index contributed by atoms with van der Waals surface area (Å²) >= 11 is 9.85.